The molecule has 3 N–H and O–H groups in total. The summed E-state index contributed by atoms with van der Waals surface area (Å²) < 4.78 is 0. The lowest BCUT2D eigenvalue weighted by Crippen LogP contribution is -2.32. The van der Waals surface area contributed by atoms with E-state index in [9.17, 15) is 0 Å². The van der Waals surface area contributed by atoms with Gasteiger partial charge in [0.25, 0.3) is 0 Å². The lowest BCUT2D eigenvalue weighted by atomic mass is 9.86. The Kier molecular flexibility index (Phi) is 1.60. The minimum atomic E-state index is -1.50. The summed E-state index contributed by atoms with van der Waals surface area (Å²) in [6.07, 6.45) is 1.76. The molecular weight excluding hydrogens is 155 g/mol. The zero-order chi connectivity index (χ0) is 8.55. The number of fused-ring (bicyclic) bond motifs is 1. The molecule has 0 fully saturated rings. The van der Waals surface area contributed by atoms with Gasteiger partial charge in [-0.05, 0) is 12.1 Å². The van der Waals surface area contributed by atoms with E-state index in [-0.39, 0.29) is 5.59 Å². The Bertz CT molecular complexity index is 399. The number of hydrogen-bond donors (Lipinski definition) is 3. The number of rotatable bonds is 1. The number of nitrogens with one attached hydrogen (secondary N) is 1. The van der Waals surface area contributed by atoms with Crippen molar-refractivity contribution in [2.75, 3.05) is 0 Å². The molecule has 0 unspecified atom stereocenters. The fourth-order valence-electron chi connectivity index (χ4n) is 1.09. The van der Waals surface area contributed by atoms with E-state index in [1.165, 1.54) is 0 Å². The minimum Gasteiger partial charge on any atom is -0.422 e. The average Bonchev–Trinajstić information content (AvgIpc) is 2.49. The fourth-order valence-corrected chi connectivity index (χ4v) is 1.09. The smallest absolute Gasteiger partial charge is 0.422 e. The highest BCUT2D eigenvalue weighted by molar-refractivity contribution is 6.57. The molecule has 60 valence electrons. The van der Waals surface area contributed by atoms with Crippen LogP contribution < -0.4 is 5.59 Å². The molecule has 0 aliphatic carbocycles. The molecule has 5 heteroatoms. The van der Waals surface area contributed by atoms with Crippen LogP contribution in [0.4, 0.5) is 0 Å². The van der Waals surface area contributed by atoms with Gasteiger partial charge in [-0.15, -0.1) is 0 Å². The van der Waals surface area contributed by atoms with Gasteiger partial charge in [-0.25, -0.2) is 4.98 Å². The number of hydrogen-bond acceptors (Lipinski definition) is 3. The number of nitrogens with zero attached hydrogens (tertiary/aromatic N) is 1. The van der Waals surface area contributed by atoms with Crippen molar-refractivity contribution in [1.29, 1.82) is 0 Å². The van der Waals surface area contributed by atoms with Crippen LogP contribution in [0.1, 0.15) is 0 Å². The van der Waals surface area contributed by atoms with Crippen LogP contribution in [0.25, 0.3) is 11.0 Å². The summed E-state index contributed by atoms with van der Waals surface area (Å²) in [6.45, 7) is 0. The Morgan fingerprint density at radius 1 is 1.25 bits per heavy atom. The summed E-state index contributed by atoms with van der Waals surface area (Å²) in [5, 5.41) is 18.6. The van der Waals surface area contributed by atoms with Crippen molar-refractivity contribution in [2.24, 2.45) is 0 Å². The molecule has 12 heavy (non-hydrogen) atoms. The maximum atomic E-state index is 8.80. The molecule has 0 atom stereocenters. The van der Waals surface area contributed by atoms with Gasteiger partial charge >= 0.3 is 7.12 Å². The van der Waals surface area contributed by atoms with Crippen LogP contribution in [-0.2, 0) is 0 Å². The molecule has 0 saturated heterocycles. The summed E-state index contributed by atoms with van der Waals surface area (Å²) in [6, 6.07) is 5.24. The highest BCUT2D eigenvalue weighted by Crippen LogP contribution is 2.05. The molecular formula is C7H7BN2O2. The van der Waals surface area contributed by atoms with E-state index < -0.39 is 7.12 Å². The van der Waals surface area contributed by atoms with Gasteiger partial charge in [0.05, 0.1) is 5.59 Å². The monoisotopic (exact) mass is 162 g/mol. The van der Waals surface area contributed by atoms with Crippen LogP contribution in [0.5, 0.6) is 0 Å². The number of H-pyrrole nitrogens is 1. The molecule has 0 bridgehead atoms. The molecule has 0 saturated carbocycles. The first-order chi connectivity index (χ1) is 5.77. The van der Waals surface area contributed by atoms with E-state index in [1.54, 1.807) is 18.3 Å². The quantitative estimate of drug-likeness (QED) is 0.483. The second kappa shape index (κ2) is 2.62. The van der Waals surface area contributed by atoms with Crippen molar-refractivity contribution >= 4 is 23.7 Å². The molecule has 0 aliphatic heterocycles. The fraction of sp³-hybridized carbons (Fsp3) is 0. The third-order valence-electron chi connectivity index (χ3n) is 1.70. The molecule has 2 rings (SSSR count). The van der Waals surface area contributed by atoms with Crippen molar-refractivity contribution < 1.29 is 10.0 Å². The van der Waals surface area contributed by atoms with Crippen LogP contribution in [-0.4, -0.2) is 27.1 Å². The summed E-state index contributed by atoms with van der Waals surface area (Å²) >= 11 is 0. The predicted molar refractivity (Wildman–Crippen MR) is 45.9 cm³/mol. The number of pyridine rings is 1. The van der Waals surface area contributed by atoms with Gasteiger partial charge in [0.2, 0.25) is 0 Å². The SMILES string of the molecule is OB(O)c1ccc2cc[nH]c2n1. The van der Waals surface area contributed by atoms with Crippen LogP contribution >= 0.6 is 0 Å². The largest absolute Gasteiger partial charge is 0.508 e. The van der Waals surface area contributed by atoms with E-state index in [0.717, 1.165) is 5.39 Å². The Balaban J connectivity index is 2.60. The summed E-state index contributed by atoms with van der Waals surface area (Å²) in [5.41, 5.74) is 0.922. The van der Waals surface area contributed by atoms with E-state index in [4.69, 9.17) is 10.0 Å². The molecule has 2 heterocycles. The third-order valence-corrected chi connectivity index (χ3v) is 1.70. The Morgan fingerprint density at radius 2 is 2.08 bits per heavy atom. The van der Waals surface area contributed by atoms with Crippen LogP contribution in [0.3, 0.4) is 0 Å². The van der Waals surface area contributed by atoms with Gasteiger partial charge in [-0.2, -0.15) is 0 Å². The second-order valence-electron chi connectivity index (χ2n) is 2.53. The zero-order valence-electron chi connectivity index (χ0n) is 6.23. The van der Waals surface area contributed by atoms with Gasteiger partial charge < -0.3 is 15.0 Å². The van der Waals surface area contributed by atoms with Gasteiger partial charge in [0.1, 0.15) is 5.65 Å². The number of aromatic amines is 1. The summed E-state index contributed by atoms with van der Waals surface area (Å²) in [7, 11) is -1.50. The minimum absolute atomic E-state index is 0.255. The average molecular weight is 162 g/mol. The molecule has 2 aromatic heterocycles. The van der Waals surface area contributed by atoms with E-state index in [2.05, 4.69) is 9.97 Å². The van der Waals surface area contributed by atoms with Crippen LogP contribution in [0.2, 0.25) is 0 Å². The maximum absolute atomic E-state index is 8.80. The topological polar surface area (TPSA) is 69.1 Å². The van der Waals surface area contributed by atoms with Crippen LogP contribution in [0, 0.1) is 0 Å². The molecule has 2 aromatic rings. The molecule has 0 aromatic carbocycles. The van der Waals surface area contributed by atoms with E-state index in [0.29, 0.717) is 5.65 Å². The lowest BCUT2D eigenvalue weighted by molar-refractivity contribution is 0.424. The van der Waals surface area contributed by atoms with Gasteiger partial charge in [0, 0.05) is 11.6 Å². The molecule has 0 spiro atoms. The Morgan fingerprint density at radius 3 is 2.83 bits per heavy atom. The van der Waals surface area contributed by atoms with E-state index in [1.807, 2.05) is 6.07 Å². The van der Waals surface area contributed by atoms with Crippen molar-refractivity contribution in [1.82, 2.24) is 9.97 Å². The second-order valence-corrected chi connectivity index (χ2v) is 2.53. The third kappa shape index (κ3) is 1.09. The van der Waals surface area contributed by atoms with Crippen molar-refractivity contribution in [3.05, 3.63) is 24.4 Å². The summed E-state index contributed by atoms with van der Waals surface area (Å²) in [4.78, 5) is 6.86. The first-order valence-corrected chi connectivity index (χ1v) is 3.57. The zero-order valence-corrected chi connectivity index (χ0v) is 6.23. The summed E-state index contributed by atoms with van der Waals surface area (Å²) in [5.74, 6) is 0. The molecule has 0 amide bonds. The van der Waals surface area contributed by atoms with Gasteiger partial charge in [-0.3, -0.25) is 0 Å². The standard InChI is InChI=1S/C7H7BN2O2/c11-8(12)6-2-1-5-3-4-9-7(5)10-6/h1-4,11-12H,(H,9,10). The molecule has 0 aliphatic rings. The first kappa shape index (κ1) is 7.33. The van der Waals surface area contributed by atoms with Gasteiger partial charge in [-0.1, -0.05) is 6.07 Å². The highest BCUT2D eigenvalue weighted by atomic mass is 16.4. The van der Waals surface area contributed by atoms with Crippen LogP contribution in [0.15, 0.2) is 24.4 Å². The van der Waals surface area contributed by atoms with E-state index >= 15 is 0 Å². The first-order valence-electron chi connectivity index (χ1n) is 3.57. The number of aromatic nitrogens is 2. The molecule has 0 radical (unpaired) electrons. The van der Waals surface area contributed by atoms with Crippen molar-refractivity contribution in [3.63, 3.8) is 0 Å². The highest BCUT2D eigenvalue weighted by Gasteiger charge is 2.12. The lowest BCUT2D eigenvalue weighted by Gasteiger charge is -1.96. The maximum Gasteiger partial charge on any atom is 0.508 e. The predicted octanol–water partition coefficient (Wildman–Crippen LogP) is -0.757. The molecule has 4 nitrogen and oxygen atoms in total. The Hall–Kier alpha value is -1.33. The van der Waals surface area contributed by atoms with Gasteiger partial charge in [0.15, 0.2) is 0 Å². The normalized spacial score (nSPS) is 10.5. The van der Waals surface area contributed by atoms with Crippen molar-refractivity contribution in [3.8, 4) is 0 Å². The van der Waals surface area contributed by atoms with Crippen molar-refractivity contribution in [2.45, 2.75) is 0 Å². The Labute approximate surface area is 69.0 Å².